The highest BCUT2D eigenvalue weighted by Crippen LogP contribution is 2.37. The van der Waals surface area contributed by atoms with E-state index in [-0.39, 0.29) is 5.69 Å². The Bertz CT molecular complexity index is 949. The summed E-state index contributed by atoms with van der Waals surface area (Å²) in [5, 5.41) is 20.8. The molecule has 0 heterocycles. The number of methoxy groups -OCH3 is 1. The molecule has 0 fully saturated rings. The zero-order chi connectivity index (χ0) is 22.6. The van der Waals surface area contributed by atoms with Crippen LogP contribution in [0.1, 0.15) is 56.6 Å². The normalized spacial score (nSPS) is 11.1. The molecule has 0 aromatic heterocycles. The van der Waals surface area contributed by atoms with E-state index in [2.05, 4.69) is 13.0 Å². The molecule has 7 heteroatoms. The molecule has 0 amide bonds. The number of halogens is 1. The number of nitriles is 1. The van der Waals surface area contributed by atoms with Gasteiger partial charge in [0, 0.05) is 12.1 Å². The van der Waals surface area contributed by atoms with Crippen molar-refractivity contribution in [1.82, 2.24) is 0 Å². The van der Waals surface area contributed by atoms with Crippen LogP contribution in [0.5, 0.6) is 11.5 Å². The van der Waals surface area contributed by atoms with Gasteiger partial charge >= 0.3 is 0 Å². The summed E-state index contributed by atoms with van der Waals surface area (Å²) in [7, 11) is 1.54. The topological polar surface area (TPSA) is 85.4 Å². The van der Waals surface area contributed by atoms with Crippen LogP contribution in [0.15, 0.2) is 36.4 Å². The van der Waals surface area contributed by atoms with Crippen molar-refractivity contribution in [3.63, 3.8) is 0 Å². The predicted octanol–water partition coefficient (Wildman–Crippen LogP) is 7.06. The van der Waals surface area contributed by atoms with Gasteiger partial charge < -0.3 is 9.47 Å². The van der Waals surface area contributed by atoms with Crippen LogP contribution in [-0.4, -0.2) is 18.6 Å². The third kappa shape index (κ3) is 7.30. The summed E-state index contributed by atoms with van der Waals surface area (Å²) in [6, 6.07) is 11.4. The van der Waals surface area contributed by atoms with Gasteiger partial charge in [0.05, 0.1) is 35.3 Å². The quantitative estimate of drug-likeness (QED) is 0.115. The van der Waals surface area contributed by atoms with Crippen molar-refractivity contribution in [2.75, 3.05) is 13.7 Å². The van der Waals surface area contributed by atoms with Gasteiger partial charge in [0.1, 0.15) is 0 Å². The molecule has 2 rings (SSSR count). The lowest BCUT2D eigenvalue weighted by Crippen LogP contribution is -2.00. The van der Waals surface area contributed by atoms with Gasteiger partial charge in [0.2, 0.25) is 0 Å². The molecule has 6 nitrogen and oxygen atoms in total. The van der Waals surface area contributed by atoms with Gasteiger partial charge in [-0.2, -0.15) is 5.26 Å². The fourth-order valence-electron chi connectivity index (χ4n) is 3.13. The number of ether oxygens (including phenoxy) is 2. The van der Waals surface area contributed by atoms with Crippen molar-refractivity contribution in [2.24, 2.45) is 0 Å². The first-order chi connectivity index (χ1) is 15.0. The lowest BCUT2D eigenvalue weighted by atomic mass is 10.0. The number of nitro groups is 1. The van der Waals surface area contributed by atoms with E-state index < -0.39 is 4.92 Å². The molecule has 0 radical (unpaired) electrons. The lowest BCUT2D eigenvalue weighted by Gasteiger charge is -2.13. The summed E-state index contributed by atoms with van der Waals surface area (Å²) in [6.07, 6.45) is 8.66. The molecule has 0 spiro atoms. The molecule has 0 bridgehead atoms. The molecule has 164 valence electrons. The predicted molar refractivity (Wildman–Crippen MR) is 123 cm³/mol. The largest absolute Gasteiger partial charge is 0.493 e. The van der Waals surface area contributed by atoms with Crippen LogP contribution in [0.3, 0.4) is 0 Å². The van der Waals surface area contributed by atoms with Gasteiger partial charge in [-0.05, 0) is 47.9 Å². The first-order valence-electron chi connectivity index (χ1n) is 10.4. The number of nitrogens with zero attached hydrogens (tertiary/aromatic N) is 2. The molecule has 0 aliphatic heterocycles. The maximum absolute atomic E-state index is 10.8. The molecule has 0 saturated heterocycles. The molecule has 0 atom stereocenters. The van der Waals surface area contributed by atoms with E-state index in [0.717, 1.165) is 12.8 Å². The Hall–Kier alpha value is -3.04. The average molecular weight is 443 g/mol. The van der Waals surface area contributed by atoms with Crippen molar-refractivity contribution < 1.29 is 14.4 Å². The third-order valence-electron chi connectivity index (χ3n) is 4.82. The monoisotopic (exact) mass is 442 g/mol. The minimum atomic E-state index is -0.478. The van der Waals surface area contributed by atoms with E-state index in [9.17, 15) is 15.4 Å². The van der Waals surface area contributed by atoms with Crippen LogP contribution in [-0.2, 0) is 0 Å². The second kappa shape index (κ2) is 12.6. The van der Waals surface area contributed by atoms with E-state index in [4.69, 9.17) is 21.1 Å². The molecular formula is C24H27ClN2O4. The smallest absolute Gasteiger partial charge is 0.269 e. The van der Waals surface area contributed by atoms with Gasteiger partial charge in [0.15, 0.2) is 11.5 Å². The van der Waals surface area contributed by atoms with Crippen LogP contribution in [0.4, 0.5) is 5.69 Å². The summed E-state index contributed by atoms with van der Waals surface area (Å²) in [5.74, 6) is 0.981. The van der Waals surface area contributed by atoms with E-state index in [1.807, 2.05) is 0 Å². The van der Waals surface area contributed by atoms with Crippen LogP contribution < -0.4 is 9.47 Å². The van der Waals surface area contributed by atoms with Crippen molar-refractivity contribution in [1.29, 1.82) is 5.26 Å². The number of allylic oxidation sites excluding steroid dienone is 1. The van der Waals surface area contributed by atoms with E-state index in [0.29, 0.717) is 39.8 Å². The lowest BCUT2D eigenvalue weighted by molar-refractivity contribution is -0.384. The van der Waals surface area contributed by atoms with Crippen LogP contribution in [0.2, 0.25) is 5.02 Å². The zero-order valence-corrected chi connectivity index (χ0v) is 18.7. The molecule has 0 N–H and O–H groups in total. The zero-order valence-electron chi connectivity index (χ0n) is 17.9. The summed E-state index contributed by atoms with van der Waals surface area (Å²) in [6.45, 7) is 2.76. The van der Waals surface area contributed by atoms with Crippen molar-refractivity contribution in [2.45, 2.75) is 45.4 Å². The molecule has 0 aliphatic rings. The second-order valence-electron chi connectivity index (χ2n) is 7.12. The SMILES string of the molecule is CCCCCCCCOc1c(Cl)cc(/C=C(\C#N)c2ccc([N+](=O)[O-])cc2)cc1OC. The van der Waals surface area contributed by atoms with Crippen molar-refractivity contribution in [3.8, 4) is 17.6 Å². The molecule has 2 aromatic rings. The summed E-state index contributed by atoms with van der Waals surface area (Å²) in [4.78, 5) is 10.3. The number of hydrogen-bond acceptors (Lipinski definition) is 5. The minimum Gasteiger partial charge on any atom is -0.493 e. The summed E-state index contributed by atoms with van der Waals surface area (Å²) < 4.78 is 11.3. The number of nitro benzene ring substituents is 1. The highest BCUT2D eigenvalue weighted by atomic mass is 35.5. The summed E-state index contributed by atoms with van der Waals surface area (Å²) in [5.41, 5.74) is 1.57. The molecular weight excluding hydrogens is 416 g/mol. The maximum Gasteiger partial charge on any atom is 0.269 e. The standard InChI is InChI=1S/C24H27ClN2O4/c1-3-4-5-6-7-8-13-31-24-22(25)15-18(16-23(24)30-2)14-20(17-26)19-9-11-21(12-10-19)27(28)29/h9-12,14-16H,3-8,13H2,1-2H3/b20-14+. The number of rotatable bonds is 12. The molecule has 0 aliphatic carbocycles. The highest BCUT2D eigenvalue weighted by molar-refractivity contribution is 6.32. The Balaban J connectivity index is 2.13. The second-order valence-corrected chi connectivity index (χ2v) is 7.53. The highest BCUT2D eigenvalue weighted by Gasteiger charge is 2.13. The van der Waals surface area contributed by atoms with Gasteiger partial charge in [-0.3, -0.25) is 10.1 Å². The summed E-state index contributed by atoms with van der Waals surface area (Å²) >= 11 is 6.43. The maximum atomic E-state index is 10.8. The van der Waals surface area contributed by atoms with Crippen molar-refractivity contribution in [3.05, 3.63) is 62.7 Å². The first kappa shape index (κ1) is 24.2. The van der Waals surface area contributed by atoms with Crippen molar-refractivity contribution >= 4 is 28.9 Å². The molecule has 31 heavy (non-hydrogen) atoms. The Morgan fingerprint density at radius 3 is 2.45 bits per heavy atom. The van der Waals surface area contributed by atoms with E-state index >= 15 is 0 Å². The molecule has 0 unspecified atom stereocenters. The van der Waals surface area contributed by atoms with Crippen LogP contribution >= 0.6 is 11.6 Å². The number of benzene rings is 2. The van der Waals surface area contributed by atoms with E-state index in [1.54, 1.807) is 30.3 Å². The average Bonchev–Trinajstić information content (AvgIpc) is 2.77. The minimum absolute atomic E-state index is 0.0300. The van der Waals surface area contributed by atoms with Gasteiger partial charge in [0.25, 0.3) is 5.69 Å². The van der Waals surface area contributed by atoms with Gasteiger partial charge in [-0.1, -0.05) is 50.6 Å². The number of unbranched alkanes of at least 4 members (excludes halogenated alkanes) is 5. The third-order valence-corrected chi connectivity index (χ3v) is 5.10. The number of non-ortho nitro benzene ring substituents is 1. The van der Waals surface area contributed by atoms with Crippen LogP contribution in [0, 0.1) is 21.4 Å². The number of hydrogen-bond donors (Lipinski definition) is 0. The Kier molecular flexibility index (Phi) is 9.86. The van der Waals surface area contributed by atoms with Gasteiger partial charge in [-0.25, -0.2) is 0 Å². The fraction of sp³-hybridized carbons (Fsp3) is 0.375. The Labute approximate surface area is 188 Å². The Morgan fingerprint density at radius 2 is 1.84 bits per heavy atom. The van der Waals surface area contributed by atoms with Crippen LogP contribution in [0.25, 0.3) is 11.6 Å². The van der Waals surface area contributed by atoms with E-state index in [1.165, 1.54) is 44.9 Å². The van der Waals surface area contributed by atoms with Gasteiger partial charge in [-0.15, -0.1) is 0 Å². The molecule has 0 saturated carbocycles. The fourth-order valence-corrected chi connectivity index (χ4v) is 3.40. The first-order valence-corrected chi connectivity index (χ1v) is 10.7. The Morgan fingerprint density at radius 1 is 1.16 bits per heavy atom. The molecule has 2 aromatic carbocycles.